The van der Waals surface area contributed by atoms with Crippen LogP contribution in [0.15, 0.2) is 18.2 Å². The van der Waals surface area contributed by atoms with Crippen LogP contribution < -0.4 is 5.32 Å². The van der Waals surface area contributed by atoms with Crippen molar-refractivity contribution < 1.29 is 14.3 Å². The number of anilines is 1. The smallest absolute Gasteiger partial charge is 0.238 e. The molecule has 2 aliphatic heterocycles. The Kier molecular flexibility index (Phi) is 6.70. The number of rotatable bonds is 7. The average molecular weight is 367 g/mol. The van der Waals surface area contributed by atoms with Gasteiger partial charge in [-0.3, -0.25) is 9.69 Å². The normalized spacial score (nSPS) is 23.3. The van der Waals surface area contributed by atoms with E-state index in [-0.39, 0.29) is 18.1 Å². The summed E-state index contributed by atoms with van der Waals surface area (Å²) in [7, 11) is 0. The summed E-state index contributed by atoms with van der Waals surface area (Å²) in [5.74, 6) is -0.0539. The molecule has 2 saturated heterocycles. The van der Waals surface area contributed by atoms with Crippen LogP contribution in [0.2, 0.25) is 5.02 Å². The second-order valence-electron chi connectivity index (χ2n) is 7.00. The first-order valence-electron chi connectivity index (χ1n) is 9.12. The molecule has 0 radical (unpaired) electrons. The third-order valence-electron chi connectivity index (χ3n) is 4.74. The van der Waals surface area contributed by atoms with E-state index >= 15 is 0 Å². The predicted octanol–water partition coefficient (Wildman–Crippen LogP) is 3.25. The molecule has 1 amide bonds. The molecule has 3 rings (SSSR count). The van der Waals surface area contributed by atoms with E-state index in [1.54, 1.807) is 0 Å². The van der Waals surface area contributed by atoms with Crippen molar-refractivity contribution in [3.63, 3.8) is 0 Å². The average Bonchev–Trinajstić information content (AvgIpc) is 3.24. The fourth-order valence-electron chi connectivity index (χ4n) is 3.47. The van der Waals surface area contributed by atoms with E-state index in [0.29, 0.717) is 17.3 Å². The Morgan fingerprint density at radius 2 is 1.84 bits per heavy atom. The highest BCUT2D eigenvalue weighted by Crippen LogP contribution is 2.23. The molecule has 0 bridgehead atoms. The summed E-state index contributed by atoms with van der Waals surface area (Å²) in [6, 6.07) is 5.64. The van der Waals surface area contributed by atoms with Crippen LogP contribution >= 0.6 is 11.6 Å². The largest absolute Gasteiger partial charge is 0.377 e. The van der Waals surface area contributed by atoms with Crippen LogP contribution in [-0.2, 0) is 14.3 Å². The third kappa shape index (κ3) is 5.68. The first-order valence-corrected chi connectivity index (χ1v) is 9.49. The Morgan fingerprint density at radius 1 is 1.20 bits per heavy atom. The Balaban J connectivity index is 1.57. The molecule has 0 aliphatic carbocycles. The van der Waals surface area contributed by atoms with Crippen LogP contribution in [0.3, 0.4) is 0 Å². The molecular formula is C19H27ClN2O3. The molecule has 25 heavy (non-hydrogen) atoms. The van der Waals surface area contributed by atoms with Crippen molar-refractivity contribution in [1.29, 1.82) is 0 Å². The zero-order chi connectivity index (χ0) is 17.6. The molecule has 1 N–H and O–H groups in total. The lowest BCUT2D eigenvalue weighted by Gasteiger charge is -2.27. The SMILES string of the molecule is Cc1ccc(NC(=O)CN(C[C@@H]2CCCO2)C[C@@H]2CCCO2)c(Cl)c1. The van der Waals surface area contributed by atoms with Gasteiger partial charge in [-0.1, -0.05) is 17.7 Å². The van der Waals surface area contributed by atoms with E-state index in [1.807, 2.05) is 25.1 Å². The van der Waals surface area contributed by atoms with E-state index in [9.17, 15) is 4.79 Å². The topological polar surface area (TPSA) is 50.8 Å². The lowest BCUT2D eigenvalue weighted by Crippen LogP contribution is -2.42. The molecular weight excluding hydrogens is 340 g/mol. The number of hydrogen-bond acceptors (Lipinski definition) is 4. The Bertz CT molecular complexity index is 566. The summed E-state index contributed by atoms with van der Waals surface area (Å²) >= 11 is 6.22. The van der Waals surface area contributed by atoms with Crippen molar-refractivity contribution in [2.75, 3.05) is 38.2 Å². The lowest BCUT2D eigenvalue weighted by molar-refractivity contribution is -0.118. The van der Waals surface area contributed by atoms with Crippen LogP contribution in [0.5, 0.6) is 0 Å². The molecule has 1 aromatic rings. The molecule has 0 aromatic heterocycles. The van der Waals surface area contributed by atoms with Gasteiger partial charge in [0, 0.05) is 26.3 Å². The second-order valence-corrected chi connectivity index (χ2v) is 7.40. The van der Waals surface area contributed by atoms with Crippen molar-refractivity contribution >= 4 is 23.2 Å². The number of carbonyl (C=O) groups excluding carboxylic acids is 1. The number of ether oxygens (including phenoxy) is 2. The third-order valence-corrected chi connectivity index (χ3v) is 5.05. The number of amides is 1. The van der Waals surface area contributed by atoms with E-state index in [0.717, 1.165) is 57.6 Å². The quantitative estimate of drug-likeness (QED) is 0.804. The molecule has 2 fully saturated rings. The first kappa shape index (κ1) is 18.6. The van der Waals surface area contributed by atoms with E-state index < -0.39 is 0 Å². The van der Waals surface area contributed by atoms with Crippen molar-refractivity contribution in [2.45, 2.75) is 44.8 Å². The number of nitrogens with one attached hydrogen (secondary N) is 1. The van der Waals surface area contributed by atoms with Gasteiger partial charge in [-0.25, -0.2) is 0 Å². The van der Waals surface area contributed by atoms with Gasteiger partial charge in [-0.15, -0.1) is 0 Å². The highest BCUT2D eigenvalue weighted by Gasteiger charge is 2.25. The monoisotopic (exact) mass is 366 g/mol. The molecule has 0 saturated carbocycles. The maximum Gasteiger partial charge on any atom is 0.238 e. The molecule has 0 spiro atoms. The number of nitrogens with zero attached hydrogens (tertiary/aromatic N) is 1. The summed E-state index contributed by atoms with van der Waals surface area (Å²) in [6.45, 7) is 5.49. The molecule has 5 nitrogen and oxygen atoms in total. The molecule has 2 aliphatic rings. The van der Waals surface area contributed by atoms with Crippen LogP contribution in [0.4, 0.5) is 5.69 Å². The van der Waals surface area contributed by atoms with Crippen LogP contribution in [0, 0.1) is 6.92 Å². The maximum absolute atomic E-state index is 12.5. The summed E-state index contributed by atoms with van der Waals surface area (Å²) in [5, 5.41) is 3.49. The van der Waals surface area contributed by atoms with Crippen LogP contribution in [-0.4, -0.2) is 55.9 Å². The standard InChI is InChI=1S/C19H27ClN2O3/c1-14-6-7-18(17(20)10-14)21-19(23)13-22(11-15-4-2-8-24-15)12-16-5-3-9-25-16/h6-7,10,15-16H,2-5,8-9,11-13H2,1H3,(H,21,23)/t15-,16-/m0/s1. The fourth-order valence-corrected chi connectivity index (χ4v) is 3.75. The van der Waals surface area contributed by atoms with Gasteiger partial charge in [0.05, 0.1) is 29.5 Å². The van der Waals surface area contributed by atoms with Gasteiger partial charge >= 0.3 is 0 Å². The van der Waals surface area contributed by atoms with Gasteiger partial charge in [-0.2, -0.15) is 0 Å². The van der Waals surface area contributed by atoms with E-state index in [4.69, 9.17) is 21.1 Å². The first-order chi connectivity index (χ1) is 12.1. The van der Waals surface area contributed by atoms with E-state index in [2.05, 4.69) is 10.2 Å². The summed E-state index contributed by atoms with van der Waals surface area (Å²) in [6.07, 6.45) is 4.77. The number of halogens is 1. The van der Waals surface area contributed by atoms with Crippen molar-refractivity contribution in [3.05, 3.63) is 28.8 Å². The van der Waals surface area contributed by atoms with E-state index in [1.165, 1.54) is 0 Å². The van der Waals surface area contributed by atoms with Crippen LogP contribution in [0.25, 0.3) is 0 Å². The maximum atomic E-state index is 12.5. The lowest BCUT2D eigenvalue weighted by atomic mass is 10.2. The molecule has 6 heteroatoms. The highest BCUT2D eigenvalue weighted by molar-refractivity contribution is 6.33. The molecule has 2 heterocycles. The minimum absolute atomic E-state index is 0.0539. The zero-order valence-corrected chi connectivity index (χ0v) is 15.6. The molecule has 138 valence electrons. The summed E-state index contributed by atoms with van der Waals surface area (Å²) < 4.78 is 11.5. The molecule has 1 aromatic carbocycles. The summed E-state index contributed by atoms with van der Waals surface area (Å²) in [4.78, 5) is 14.7. The second kappa shape index (κ2) is 8.99. The Labute approximate surface area is 154 Å². The van der Waals surface area contributed by atoms with Gasteiger partial charge < -0.3 is 14.8 Å². The van der Waals surface area contributed by atoms with Crippen molar-refractivity contribution in [2.24, 2.45) is 0 Å². The van der Waals surface area contributed by atoms with Crippen molar-refractivity contribution in [3.8, 4) is 0 Å². The predicted molar refractivity (Wildman–Crippen MR) is 99.2 cm³/mol. The zero-order valence-electron chi connectivity index (χ0n) is 14.8. The van der Waals surface area contributed by atoms with Gasteiger partial charge in [0.1, 0.15) is 0 Å². The fraction of sp³-hybridized carbons (Fsp3) is 0.632. The van der Waals surface area contributed by atoms with Gasteiger partial charge in [0.15, 0.2) is 0 Å². The summed E-state index contributed by atoms with van der Waals surface area (Å²) in [5.41, 5.74) is 1.73. The number of carbonyl (C=O) groups is 1. The number of hydrogen-bond donors (Lipinski definition) is 1. The number of aryl methyl sites for hydroxylation is 1. The highest BCUT2D eigenvalue weighted by atomic mass is 35.5. The minimum Gasteiger partial charge on any atom is -0.377 e. The Morgan fingerprint density at radius 3 is 2.36 bits per heavy atom. The molecule has 0 unspecified atom stereocenters. The Hall–Kier alpha value is -1.14. The van der Waals surface area contributed by atoms with Crippen molar-refractivity contribution in [1.82, 2.24) is 4.90 Å². The number of benzene rings is 1. The van der Waals surface area contributed by atoms with Gasteiger partial charge in [-0.05, 0) is 50.3 Å². The van der Waals surface area contributed by atoms with Gasteiger partial charge in [0.25, 0.3) is 0 Å². The van der Waals surface area contributed by atoms with Crippen LogP contribution in [0.1, 0.15) is 31.2 Å². The van der Waals surface area contributed by atoms with Gasteiger partial charge in [0.2, 0.25) is 5.91 Å². The molecule has 2 atom stereocenters. The minimum atomic E-state index is -0.0539.